The molecule has 0 amide bonds. The first-order chi connectivity index (χ1) is 3.77. The van der Waals surface area contributed by atoms with E-state index in [4.69, 9.17) is 5.21 Å². The average Bonchev–Trinajstić information content (AvgIpc) is 1.66. The predicted octanol–water partition coefficient (Wildman–Crippen LogP) is 0.662. The Morgan fingerprint density at radius 2 is 2.50 bits per heavy atom. The largest absolute Gasteiger partial charge is 0.475 e. The molecule has 0 radical (unpaired) electrons. The Morgan fingerprint density at radius 1 is 1.88 bits per heavy atom. The molecule has 0 saturated heterocycles. The SMILES string of the molecule is CC=CCO[N+](=O)O. The van der Waals surface area contributed by atoms with Gasteiger partial charge in [0.2, 0.25) is 0 Å². The zero-order chi connectivity index (χ0) is 6.41. The van der Waals surface area contributed by atoms with Crippen molar-refractivity contribution in [3.05, 3.63) is 17.1 Å². The molecule has 4 heteroatoms. The minimum Gasteiger partial charge on any atom is -0.200 e. The molecule has 0 rings (SSSR count). The third-order valence-corrected chi connectivity index (χ3v) is 0.517. The maximum atomic E-state index is 9.53. The number of nitrogens with zero attached hydrogens (tertiary/aromatic N) is 1. The fourth-order valence-electron chi connectivity index (χ4n) is 0.203. The molecule has 1 N–H and O–H groups in total. The van der Waals surface area contributed by atoms with Crippen molar-refractivity contribution in [3.63, 3.8) is 0 Å². The van der Waals surface area contributed by atoms with Gasteiger partial charge in [0.05, 0.1) is 0 Å². The molecular weight excluding hydrogens is 110 g/mol. The van der Waals surface area contributed by atoms with Crippen molar-refractivity contribution in [1.29, 1.82) is 0 Å². The smallest absolute Gasteiger partial charge is 0.200 e. The highest BCUT2D eigenvalue weighted by Gasteiger charge is 1.97. The van der Waals surface area contributed by atoms with Crippen molar-refractivity contribution >= 4 is 0 Å². The summed E-state index contributed by atoms with van der Waals surface area (Å²) in [5.41, 5.74) is 0. The zero-order valence-electron chi connectivity index (χ0n) is 4.57. The molecule has 0 aliphatic carbocycles. The lowest BCUT2D eigenvalue weighted by molar-refractivity contribution is -0.974. The molecule has 0 bridgehead atoms. The van der Waals surface area contributed by atoms with Gasteiger partial charge in [0.15, 0.2) is 6.61 Å². The highest BCUT2D eigenvalue weighted by Crippen LogP contribution is 1.74. The summed E-state index contributed by atoms with van der Waals surface area (Å²) >= 11 is 0. The highest BCUT2D eigenvalue weighted by molar-refractivity contribution is 4.74. The molecule has 0 aromatic rings. The molecule has 0 aromatic carbocycles. The van der Waals surface area contributed by atoms with Crippen molar-refractivity contribution in [2.24, 2.45) is 0 Å². The molecule has 46 valence electrons. The van der Waals surface area contributed by atoms with E-state index in [1.807, 2.05) is 0 Å². The molecular formula is C4H8NO3+. The van der Waals surface area contributed by atoms with E-state index < -0.39 is 5.09 Å². The maximum absolute atomic E-state index is 9.53. The van der Waals surface area contributed by atoms with Gasteiger partial charge < -0.3 is 0 Å². The topological polar surface area (TPSA) is 49.5 Å². The summed E-state index contributed by atoms with van der Waals surface area (Å²) in [5, 5.41) is 7.23. The van der Waals surface area contributed by atoms with Gasteiger partial charge in [-0.2, -0.15) is 4.84 Å². The second-order valence-corrected chi connectivity index (χ2v) is 1.10. The summed E-state index contributed by atoms with van der Waals surface area (Å²) in [4.78, 5) is 13.6. The van der Waals surface area contributed by atoms with Gasteiger partial charge in [0.25, 0.3) is 0 Å². The van der Waals surface area contributed by atoms with Crippen molar-refractivity contribution in [3.8, 4) is 0 Å². The van der Waals surface area contributed by atoms with Crippen LogP contribution in [-0.4, -0.2) is 16.9 Å². The van der Waals surface area contributed by atoms with Crippen LogP contribution in [0.25, 0.3) is 0 Å². The molecule has 0 aliphatic rings. The fraction of sp³-hybridized carbons (Fsp3) is 0.500. The second-order valence-electron chi connectivity index (χ2n) is 1.10. The van der Waals surface area contributed by atoms with Gasteiger partial charge in [0.1, 0.15) is 4.91 Å². The molecule has 0 aliphatic heterocycles. The maximum Gasteiger partial charge on any atom is 0.475 e. The number of rotatable bonds is 3. The van der Waals surface area contributed by atoms with Crippen LogP contribution in [0.2, 0.25) is 0 Å². The molecule has 0 saturated carbocycles. The van der Waals surface area contributed by atoms with Gasteiger partial charge in [0, 0.05) is 0 Å². The Hall–Kier alpha value is -1.06. The molecule has 0 atom stereocenters. The minimum absolute atomic E-state index is 0.108. The first-order valence-electron chi connectivity index (χ1n) is 2.17. The summed E-state index contributed by atoms with van der Waals surface area (Å²) in [6.45, 7) is 1.90. The van der Waals surface area contributed by atoms with Gasteiger partial charge in [-0.3, -0.25) is 0 Å². The van der Waals surface area contributed by atoms with E-state index >= 15 is 0 Å². The molecule has 0 fully saturated rings. The highest BCUT2D eigenvalue weighted by atomic mass is 16.9. The van der Waals surface area contributed by atoms with E-state index in [9.17, 15) is 4.91 Å². The van der Waals surface area contributed by atoms with E-state index in [0.717, 1.165) is 0 Å². The standard InChI is InChI=1S/C4H8NO3/c1-2-3-4-8-5(6)7/h2-3H,4H2,1H3,(H,6,7)/q+1. The zero-order valence-corrected chi connectivity index (χ0v) is 4.57. The molecule has 8 heavy (non-hydrogen) atoms. The monoisotopic (exact) mass is 118 g/mol. The van der Waals surface area contributed by atoms with Gasteiger partial charge in [-0.25, -0.2) is 5.21 Å². The summed E-state index contributed by atoms with van der Waals surface area (Å²) in [5.74, 6) is 0. The first kappa shape index (κ1) is 6.94. The van der Waals surface area contributed by atoms with Crippen LogP contribution in [0.1, 0.15) is 6.92 Å². The Bertz CT molecular complexity index is 99.5. The molecule has 0 aromatic heterocycles. The van der Waals surface area contributed by atoms with Crippen LogP contribution in [0.4, 0.5) is 0 Å². The van der Waals surface area contributed by atoms with E-state index in [2.05, 4.69) is 4.84 Å². The lowest BCUT2D eigenvalue weighted by atomic mass is 10.6. The fourth-order valence-corrected chi connectivity index (χ4v) is 0.203. The van der Waals surface area contributed by atoms with Crippen molar-refractivity contribution in [1.82, 2.24) is 0 Å². The van der Waals surface area contributed by atoms with Crippen LogP contribution in [0.3, 0.4) is 0 Å². The third kappa shape index (κ3) is 4.94. The Labute approximate surface area is 46.9 Å². The van der Waals surface area contributed by atoms with Gasteiger partial charge in [-0.1, -0.05) is 6.08 Å². The number of allylic oxidation sites excluding steroid dienone is 1. The summed E-state index contributed by atoms with van der Waals surface area (Å²) in [6, 6.07) is 0. The van der Waals surface area contributed by atoms with Crippen LogP contribution in [-0.2, 0) is 4.84 Å². The molecule has 0 heterocycles. The van der Waals surface area contributed by atoms with E-state index in [1.165, 1.54) is 0 Å². The summed E-state index contributed by atoms with van der Waals surface area (Å²) in [7, 11) is 0. The lowest BCUT2D eigenvalue weighted by Gasteiger charge is -1.77. The van der Waals surface area contributed by atoms with E-state index in [0.29, 0.717) is 0 Å². The quantitative estimate of drug-likeness (QED) is 0.437. The Balaban J connectivity index is 3.05. The minimum atomic E-state index is -0.569. The molecule has 4 nitrogen and oxygen atoms in total. The van der Waals surface area contributed by atoms with Crippen molar-refractivity contribution < 1.29 is 15.1 Å². The van der Waals surface area contributed by atoms with Crippen LogP contribution in [0, 0.1) is 4.91 Å². The lowest BCUT2D eigenvalue weighted by Crippen LogP contribution is -2.02. The molecule has 0 unspecified atom stereocenters. The number of hydrogen-bond donors (Lipinski definition) is 1. The normalized spacial score (nSPS) is 9.62. The Morgan fingerprint density at radius 3 is 2.88 bits per heavy atom. The number of hydrogen-bond acceptors (Lipinski definition) is 2. The van der Waals surface area contributed by atoms with E-state index in [-0.39, 0.29) is 6.61 Å². The van der Waals surface area contributed by atoms with Gasteiger partial charge in [-0.15, -0.1) is 0 Å². The van der Waals surface area contributed by atoms with Gasteiger partial charge in [-0.05, 0) is 13.0 Å². The predicted molar refractivity (Wildman–Crippen MR) is 26.2 cm³/mol. The summed E-state index contributed by atoms with van der Waals surface area (Å²) < 4.78 is 0. The Kier molecular flexibility index (Phi) is 3.56. The summed E-state index contributed by atoms with van der Waals surface area (Å²) in [6.07, 6.45) is 3.31. The first-order valence-corrected chi connectivity index (χ1v) is 2.17. The molecule has 0 spiro atoms. The van der Waals surface area contributed by atoms with Gasteiger partial charge >= 0.3 is 5.09 Å². The third-order valence-electron chi connectivity index (χ3n) is 0.517. The van der Waals surface area contributed by atoms with Crippen molar-refractivity contribution in [2.45, 2.75) is 6.92 Å². The van der Waals surface area contributed by atoms with Crippen LogP contribution >= 0.6 is 0 Å². The van der Waals surface area contributed by atoms with Crippen LogP contribution < -0.4 is 0 Å². The van der Waals surface area contributed by atoms with Crippen LogP contribution in [0.5, 0.6) is 0 Å². The average molecular weight is 118 g/mol. The van der Waals surface area contributed by atoms with Crippen molar-refractivity contribution in [2.75, 3.05) is 6.61 Å². The van der Waals surface area contributed by atoms with Crippen LogP contribution in [0.15, 0.2) is 12.2 Å². The van der Waals surface area contributed by atoms with E-state index in [1.54, 1.807) is 19.1 Å². The second kappa shape index (κ2) is 4.11.